The fourth-order valence-electron chi connectivity index (χ4n) is 5.99. The quantitative estimate of drug-likeness (QED) is 0.278. The fraction of sp³-hybridized carbons (Fsp3) is 0.242. The van der Waals surface area contributed by atoms with Gasteiger partial charge in [-0.25, -0.2) is 0 Å². The Balaban J connectivity index is 1.31. The molecule has 3 heterocycles. The fourth-order valence-corrected chi connectivity index (χ4v) is 6.21. The van der Waals surface area contributed by atoms with Gasteiger partial charge in [0.15, 0.2) is 0 Å². The van der Waals surface area contributed by atoms with E-state index in [0.717, 1.165) is 30.1 Å². The molecule has 0 saturated carbocycles. The van der Waals surface area contributed by atoms with Crippen LogP contribution in [0.2, 0.25) is 5.02 Å². The predicted octanol–water partition coefficient (Wildman–Crippen LogP) is 6.03. The number of aromatic nitrogens is 1. The van der Waals surface area contributed by atoms with Gasteiger partial charge in [-0.15, -0.1) is 0 Å². The molecule has 42 heavy (non-hydrogen) atoms. The standard InChI is InChI=1S/C33H31ClN4O4/c1-2-42-25-13-11-24(12-14-25)35-32(40)22-10-15-30(28(17-22)36-33(41)26-6-3-4-7-27(26)34)37-18-21-16-23(20-37)29-8-5-9-31(39)38(29)19-21/h3-15,17,21,23H,2,16,18-20H2,1H3,(H,35,40)(H,36,41)/t21-,23+/m1/s1. The zero-order valence-electron chi connectivity index (χ0n) is 23.2. The molecule has 2 atom stereocenters. The van der Waals surface area contributed by atoms with Crippen molar-refractivity contribution in [3.8, 4) is 5.75 Å². The largest absolute Gasteiger partial charge is 0.494 e. The van der Waals surface area contributed by atoms with Gasteiger partial charge in [0.05, 0.1) is 28.6 Å². The number of anilines is 3. The summed E-state index contributed by atoms with van der Waals surface area (Å²) < 4.78 is 7.38. The number of fused-ring (bicyclic) bond motifs is 4. The van der Waals surface area contributed by atoms with Gasteiger partial charge in [0.25, 0.3) is 17.4 Å². The molecule has 9 heteroatoms. The van der Waals surface area contributed by atoms with Crippen LogP contribution in [0.5, 0.6) is 5.75 Å². The first kappa shape index (κ1) is 27.6. The molecule has 2 bridgehead atoms. The summed E-state index contributed by atoms with van der Waals surface area (Å²) in [6.45, 7) is 4.55. The lowest BCUT2D eigenvalue weighted by molar-refractivity contribution is 0.101. The number of benzene rings is 3. The zero-order chi connectivity index (χ0) is 29.2. The van der Waals surface area contributed by atoms with E-state index in [-0.39, 0.29) is 29.2 Å². The van der Waals surface area contributed by atoms with Gasteiger partial charge < -0.3 is 24.8 Å². The smallest absolute Gasteiger partial charge is 0.257 e. The van der Waals surface area contributed by atoms with Crippen molar-refractivity contribution >= 4 is 40.5 Å². The van der Waals surface area contributed by atoms with Crippen molar-refractivity contribution in [3.63, 3.8) is 0 Å². The second kappa shape index (κ2) is 11.7. The summed E-state index contributed by atoms with van der Waals surface area (Å²) >= 11 is 6.33. The highest BCUT2D eigenvalue weighted by molar-refractivity contribution is 6.34. The third-order valence-electron chi connectivity index (χ3n) is 7.87. The van der Waals surface area contributed by atoms with Crippen LogP contribution >= 0.6 is 11.6 Å². The van der Waals surface area contributed by atoms with Crippen LogP contribution in [-0.2, 0) is 6.54 Å². The summed E-state index contributed by atoms with van der Waals surface area (Å²) in [5, 5.41) is 6.29. The van der Waals surface area contributed by atoms with E-state index in [1.165, 1.54) is 0 Å². The Morgan fingerprint density at radius 2 is 1.71 bits per heavy atom. The Morgan fingerprint density at radius 1 is 0.905 bits per heavy atom. The predicted molar refractivity (Wildman–Crippen MR) is 165 cm³/mol. The second-order valence-electron chi connectivity index (χ2n) is 10.7. The van der Waals surface area contributed by atoms with Gasteiger partial charge in [-0.3, -0.25) is 14.4 Å². The van der Waals surface area contributed by atoms with Gasteiger partial charge in [-0.05, 0) is 79.9 Å². The highest BCUT2D eigenvalue weighted by Gasteiger charge is 2.35. The average molecular weight is 583 g/mol. The number of amides is 2. The van der Waals surface area contributed by atoms with Crippen molar-refractivity contribution in [1.82, 2.24) is 4.57 Å². The molecule has 0 spiro atoms. The van der Waals surface area contributed by atoms with Crippen LogP contribution in [0.3, 0.4) is 0 Å². The van der Waals surface area contributed by atoms with Gasteiger partial charge in [-0.1, -0.05) is 29.8 Å². The SMILES string of the molecule is CCOc1ccc(NC(=O)c2ccc(N3C[C@H]4C[C@@H](C3)c3cccc(=O)n3C4)c(NC(=O)c3ccccc3Cl)c2)cc1. The molecule has 2 N–H and O–H groups in total. The zero-order valence-corrected chi connectivity index (χ0v) is 23.9. The molecule has 0 unspecified atom stereocenters. The number of ether oxygens (including phenoxy) is 1. The normalized spacial score (nSPS) is 17.2. The lowest BCUT2D eigenvalue weighted by Crippen LogP contribution is -2.47. The minimum atomic E-state index is -0.361. The summed E-state index contributed by atoms with van der Waals surface area (Å²) in [7, 11) is 0. The highest BCUT2D eigenvalue weighted by atomic mass is 35.5. The van der Waals surface area contributed by atoms with Crippen molar-refractivity contribution in [1.29, 1.82) is 0 Å². The number of carbonyl (C=O) groups is 2. The number of rotatable bonds is 7. The van der Waals surface area contributed by atoms with E-state index >= 15 is 0 Å². The summed E-state index contributed by atoms with van der Waals surface area (Å²) in [4.78, 5) is 41.4. The maximum Gasteiger partial charge on any atom is 0.257 e. The van der Waals surface area contributed by atoms with E-state index in [4.69, 9.17) is 16.3 Å². The van der Waals surface area contributed by atoms with Gasteiger partial charge in [0.2, 0.25) is 0 Å². The molecule has 4 aromatic rings. The van der Waals surface area contributed by atoms with Crippen LogP contribution in [0.25, 0.3) is 0 Å². The van der Waals surface area contributed by atoms with Crippen LogP contribution in [0, 0.1) is 5.92 Å². The number of hydrogen-bond acceptors (Lipinski definition) is 5. The van der Waals surface area contributed by atoms with Gasteiger partial charge >= 0.3 is 0 Å². The van der Waals surface area contributed by atoms with Gasteiger partial charge in [0, 0.05) is 48.6 Å². The van der Waals surface area contributed by atoms with Crippen LogP contribution < -0.4 is 25.8 Å². The molecule has 2 amide bonds. The Labute approximate surface area is 248 Å². The number of pyridine rings is 1. The number of piperidine rings is 1. The van der Waals surface area contributed by atoms with Crippen molar-refractivity contribution < 1.29 is 14.3 Å². The maximum atomic E-state index is 13.4. The lowest BCUT2D eigenvalue weighted by Gasteiger charge is -2.44. The third-order valence-corrected chi connectivity index (χ3v) is 8.20. The highest BCUT2D eigenvalue weighted by Crippen LogP contribution is 2.39. The number of nitrogens with one attached hydrogen (secondary N) is 2. The molecule has 6 rings (SSSR count). The van der Waals surface area contributed by atoms with Crippen molar-refractivity contribution in [2.24, 2.45) is 5.92 Å². The molecular formula is C33H31ClN4O4. The van der Waals surface area contributed by atoms with Gasteiger partial charge in [-0.2, -0.15) is 0 Å². The van der Waals surface area contributed by atoms with E-state index in [1.807, 2.05) is 29.7 Å². The van der Waals surface area contributed by atoms with Gasteiger partial charge in [0.1, 0.15) is 5.75 Å². The van der Waals surface area contributed by atoms with Crippen molar-refractivity contribution in [2.45, 2.75) is 25.8 Å². The number of carbonyl (C=O) groups excluding carboxylic acids is 2. The summed E-state index contributed by atoms with van der Waals surface area (Å²) in [5.74, 6) is 0.526. The van der Waals surface area contributed by atoms with E-state index in [0.29, 0.717) is 47.2 Å². The maximum absolute atomic E-state index is 13.4. The lowest BCUT2D eigenvalue weighted by atomic mass is 9.83. The molecule has 2 aliphatic heterocycles. The molecule has 0 radical (unpaired) electrons. The molecular weight excluding hydrogens is 552 g/mol. The number of nitrogens with zero attached hydrogens (tertiary/aromatic N) is 2. The van der Waals surface area contributed by atoms with Crippen LogP contribution in [0.15, 0.2) is 89.7 Å². The van der Waals surface area contributed by atoms with Crippen LogP contribution in [-0.4, -0.2) is 36.1 Å². The molecule has 2 aliphatic rings. The molecule has 3 aromatic carbocycles. The van der Waals surface area contributed by atoms with Crippen molar-refractivity contribution in [3.05, 3.63) is 117 Å². The first-order valence-electron chi connectivity index (χ1n) is 14.1. The first-order valence-corrected chi connectivity index (χ1v) is 14.5. The number of halogens is 1. The van der Waals surface area contributed by atoms with E-state index in [2.05, 4.69) is 15.5 Å². The topological polar surface area (TPSA) is 92.7 Å². The average Bonchev–Trinajstić information content (AvgIpc) is 2.99. The Bertz CT molecular complexity index is 1700. The Hall–Kier alpha value is -4.56. The molecule has 8 nitrogen and oxygen atoms in total. The van der Waals surface area contributed by atoms with E-state index in [1.54, 1.807) is 66.7 Å². The second-order valence-corrected chi connectivity index (χ2v) is 11.1. The third kappa shape index (κ3) is 5.63. The van der Waals surface area contributed by atoms with E-state index in [9.17, 15) is 14.4 Å². The van der Waals surface area contributed by atoms with Crippen LogP contribution in [0.4, 0.5) is 17.1 Å². The molecule has 0 aliphatic carbocycles. The Morgan fingerprint density at radius 3 is 2.50 bits per heavy atom. The number of hydrogen-bond donors (Lipinski definition) is 2. The minimum Gasteiger partial charge on any atom is -0.494 e. The molecule has 214 valence electrons. The Kier molecular flexibility index (Phi) is 7.71. The summed E-state index contributed by atoms with van der Waals surface area (Å²) in [5.41, 5.74) is 3.78. The minimum absolute atomic E-state index is 0.0336. The summed E-state index contributed by atoms with van der Waals surface area (Å²) in [6, 6.07) is 24.9. The molecule has 1 fully saturated rings. The van der Waals surface area contributed by atoms with Crippen LogP contribution in [0.1, 0.15) is 45.7 Å². The van der Waals surface area contributed by atoms with E-state index < -0.39 is 0 Å². The summed E-state index contributed by atoms with van der Waals surface area (Å²) in [6.07, 6.45) is 1.00. The molecule has 1 aromatic heterocycles. The first-order chi connectivity index (χ1) is 20.4. The molecule has 1 saturated heterocycles. The van der Waals surface area contributed by atoms with Crippen molar-refractivity contribution in [2.75, 3.05) is 35.2 Å². The monoisotopic (exact) mass is 582 g/mol.